The molecule has 0 bridgehead atoms. The molecular formula is C18H17FN2O2. The van der Waals surface area contributed by atoms with Crippen LogP contribution in [0.25, 0.3) is 10.9 Å². The van der Waals surface area contributed by atoms with Gasteiger partial charge in [-0.05, 0) is 42.8 Å². The predicted molar refractivity (Wildman–Crippen MR) is 87.1 cm³/mol. The zero-order chi connectivity index (χ0) is 16.4. The topological polar surface area (TPSA) is 54.1 Å². The van der Waals surface area contributed by atoms with E-state index in [0.29, 0.717) is 5.69 Å². The van der Waals surface area contributed by atoms with Crippen molar-refractivity contribution in [2.24, 2.45) is 0 Å². The summed E-state index contributed by atoms with van der Waals surface area (Å²) in [6.07, 6.45) is 0. The van der Waals surface area contributed by atoms with E-state index in [4.69, 9.17) is 4.74 Å². The van der Waals surface area contributed by atoms with Crippen molar-refractivity contribution in [1.82, 2.24) is 10.3 Å². The Hall–Kier alpha value is -2.82. The van der Waals surface area contributed by atoms with Gasteiger partial charge in [0.1, 0.15) is 17.3 Å². The minimum Gasteiger partial charge on any atom is -0.497 e. The summed E-state index contributed by atoms with van der Waals surface area (Å²) < 4.78 is 18.1. The molecule has 0 aliphatic rings. The van der Waals surface area contributed by atoms with Gasteiger partial charge in [-0.1, -0.05) is 12.1 Å². The van der Waals surface area contributed by atoms with Crippen LogP contribution in [0.4, 0.5) is 4.39 Å². The van der Waals surface area contributed by atoms with Gasteiger partial charge in [-0.15, -0.1) is 0 Å². The van der Waals surface area contributed by atoms with Gasteiger partial charge < -0.3 is 15.0 Å². The largest absolute Gasteiger partial charge is 0.497 e. The van der Waals surface area contributed by atoms with Gasteiger partial charge in [-0.2, -0.15) is 0 Å². The monoisotopic (exact) mass is 312 g/mol. The predicted octanol–water partition coefficient (Wildman–Crippen LogP) is 3.81. The highest BCUT2D eigenvalue weighted by Gasteiger charge is 2.14. The number of H-pyrrole nitrogens is 1. The van der Waals surface area contributed by atoms with Crippen molar-refractivity contribution in [3.05, 3.63) is 65.6 Å². The summed E-state index contributed by atoms with van der Waals surface area (Å²) >= 11 is 0. The first-order valence-electron chi connectivity index (χ1n) is 7.30. The van der Waals surface area contributed by atoms with E-state index < -0.39 is 0 Å². The molecule has 5 heteroatoms. The van der Waals surface area contributed by atoms with Crippen LogP contribution >= 0.6 is 0 Å². The second-order valence-corrected chi connectivity index (χ2v) is 5.38. The van der Waals surface area contributed by atoms with E-state index in [9.17, 15) is 9.18 Å². The van der Waals surface area contributed by atoms with E-state index in [0.717, 1.165) is 22.2 Å². The van der Waals surface area contributed by atoms with Crippen molar-refractivity contribution in [1.29, 1.82) is 0 Å². The number of aromatic amines is 1. The highest BCUT2D eigenvalue weighted by atomic mass is 19.1. The number of methoxy groups -OCH3 is 1. The van der Waals surface area contributed by atoms with Crippen molar-refractivity contribution in [3.63, 3.8) is 0 Å². The molecule has 0 saturated carbocycles. The number of rotatable bonds is 4. The molecule has 2 N–H and O–H groups in total. The molecule has 2 aromatic carbocycles. The quantitative estimate of drug-likeness (QED) is 0.770. The molecular weight excluding hydrogens is 295 g/mol. The summed E-state index contributed by atoms with van der Waals surface area (Å²) in [5, 5.41) is 3.83. The maximum Gasteiger partial charge on any atom is 0.268 e. The van der Waals surface area contributed by atoms with Crippen molar-refractivity contribution in [3.8, 4) is 5.75 Å². The SMILES string of the molecule is COc1ccc2cc(C(=O)NC(C)c3ccc(F)cc3)[nH]c2c1. The number of carbonyl (C=O) groups is 1. The standard InChI is InChI=1S/C18H17FN2O2/c1-11(12-3-6-14(19)7-4-12)20-18(22)17-9-13-5-8-15(23-2)10-16(13)21-17/h3-11,21H,1-2H3,(H,20,22). The smallest absolute Gasteiger partial charge is 0.268 e. The van der Waals surface area contributed by atoms with Gasteiger partial charge >= 0.3 is 0 Å². The lowest BCUT2D eigenvalue weighted by Gasteiger charge is -2.13. The average molecular weight is 312 g/mol. The Kier molecular flexibility index (Phi) is 4.02. The molecule has 1 amide bonds. The zero-order valence-corrected chi connectivity index (χ0v) is 12.9. The van der Waals surface area contributed by atoms with Crippen molar-refractivity contribution in [2.45, 2.75) is 13.0 Å². The van der Waals surface area contributed by atoms with Crippen LogP contribution in [0, 0.1) is 5.82 Å². The van der Waals surface area contributed by atoms with Crippen LogP contribution in [0.5, 0.6) is 5.75 Å². The fraction of sp³-hybridized carbons (Fsp3) is 0.167. The number of hydrogen-bond acceptors (Lipinski definition) is 2. The molecule has 1 unspecified atom stereocenters. The Labute approximate surface area is 133 Å². The number of amides is 1. The number of fused-ring (bicyclic) bond motifs is 1. The molecule has 1 heterocycles. The van der Waals surface area contributed by atoms with Gasteiger partial charge in [0, 0.05) is 17.0 Å². The van der Waals surface area contributed by atoms with Crippen molar-refractivity contribution >= 4 is 16.8 Å². The van der Waals surface area contributed by atoms with E-state index >= 15 is 0 Å². The summed E-state index contributed by atoms with van der Waals surface area (Å²) in [4.78, 5) is 15.5. The molecule has 1 aromatic heterocycles. The van der Waals surface area contributed by atoms with Gasteiger partial charge in [0.25, 0.3) is 5.91 Å². The van der Waals surface area contributed by atoms with E-state index in [2.05, 4.69) is 10.3 Å². The minimum absolute atomic E-state index is 0.211. The molecule has 23 heavy (non-hydrogen) atoms. The van der Waals surface area contributed by atoms with Crippen LogP contribution in [0.1, 0.15) is 29.0 Å². The fourth-order valence-corrected chi connectivity index (χ4v) is 2.46. The first kappa shape index (κ1) is 15.1. The third-order valence-corrected chi connectivity index (χ3v) is 3.79. The number of hydrogen-bond donors (Lipinski definition) is 2. The molecule has 3 aromatic rings. The number of halogens is 1. The Bertz CT molecular complexity index is 840. The van der Waals surface area contributed by atoms with Gasteiger partial charge in [0.05, 0.1) is 13.2 Å². The summed E-state index contributed by atoms with van der Waals surface area (Å²) in [6, 6.07) is 13.2. The number of aromatic nitrogens is 1. The molecule has 0 aliphatic carbocycles. The normalized spacial score (nSPS) is 12.1. The highest BCUT2D eigenvalue weighted by Crippen LogP contribution is 2.22. The third-order valence-electron chi connectivity index (χ3n) is 3.79. The van der Waals surface area contributed by atoms with E-state index in [-0.39, 0.29) is 17.8 Å². The maximum absolute atomic E-state index is 13.0. The number of benzene rings is 2. The van der Waals surface area contributed by atoms with Crippen LogP contribution in [-0.4, -0.2) is 18.0 Å². The summed E-state index contributed by atoms with van der Waals surface area (Å²) in [5.74, 6) is 0.222. The molecule has 118 valence electrons. The number of carbonyl (C=O) groups excluding carboxylic acids is 1. The summed E-state index contributed by atoms with van der Waals surface area (Å²) in [7, 11) is 1.60. The molecule has 0 spiro atoms. The second-order valence-electron chi connectivity index (χ2n) is 5.38. The van der Waals surface area contributed by atoms with Crippen LogP contribution < -0.4 is 10.1 Å². The molecule has 0 radical (unpaired) electrons. The van der Waals surface area contributed by atoms with E-state index in [1.54, 1.807) is 25.3 Å². The lowest BCUT2D eigenvalue weighted by atomic mass is 10.1. The number of nitrogens with one attached hydrogen (secondary N) is 2. The third kappa shape index (κ3) is 3.18. The molecule has 0 saturated heterocycles. The van der Waals surface area contributed by atoms with Crippen LogP contribution in [0.2, 0.25) is 0 Å². The first-order chi connectivity index (χ1) is 11.1. The molecule has 0 fully saturated rings. The van der Waals surface area contributed by atoms with E-state index in [1.807, 2.05) is 25.1 Å². The average Bonchev–Trinajstić information content (AvgIpc) is 2.98. The summed E-state index contributed by atoms with van der Waals surface area (Å²) in [6.45, 7) is 1.86. The van der Waals surface area contributed by atoms with Crippen LogP contribution in [0.15, 0.2) is 48.5 Å². The maximum atomic E-state index is 13.0. The second kappa shape index (κ2) is 6.12. The molecule has 3 rings (SSSR count). The van der Waals surface area contributed by atoms with Gasteiger partial charge in [-0.25, -0.2) is 4.39 Å². The van der Waals surface area contributed by atoms with Crippen molar-refractivity contribution in [2.75, 3.05) is 7.11 Å². The molecule has 0 aliphatic heterocycles. The van der Waals surface area contributed by atoms with Gasteiger partial charge in [0.2, 0.25) is 0 Å². The highest BCUT2D eigenvalue weighted by molar-refractivity contribution is 5.98. The fourth-order valence-electron chi connectivity index (χ4n) is 2.46. The molecule has 1 atom stereocenters. The minimum atomic E-state index is -0.295. The Morgan fingerprint density at radius 2 is 1.91 bits per heavy atom. The zero-order valence-electron chi connectivity index (χ0n) is 12.9. The Morgan fingerprint density at radius 3 is 2.61 bits per heavy atom. The molecule has 4 nitrogen and oxygen atoms in total. The van der Waals surface area contributed by atoms with E-state index in [1.165, 1.54) is 12.1 Å². The van der Waals surface area contributed by atoms with Crippen molar-refractivity contribution < 1.29 is 13.9 Å². The Morgan fingerprint density at radius 1 is 1.17 bits per heavy atom. The van der Waals surface area contributed by atoms with Crippen LogP contribution in [-0.2, 0) is 0 Å². The Balaban J connectivity index is 1.78. The summed E-state index contributed by atoms with van der Waals surface area (Å²) in [5.41, 5.74) is 2.16. The number of ether oxygens (including phenoxy) is 1. The van der Waals surface area contributed by atoms with Gasteiger partial charge in [-0.3, -0.25) is 4.79 Å². The van der Waals surface area contributed by atoms with Crippen LogP contribution in [0.3, 0.4) is 0 Å². The lowest BCUT2D eigenvalue weighted by Crippen LogP contribution is -2.26. The first-order valence-corrected chi connectivity index (χ1v) is 7.30. The van der Waals surface area contributed by atoms with Gasteiger partial charge in [0.15, 0.2) is 0 Å². The lowest BCUT2D eigenvalue weighted by molar-refractivity contribution is 0.0935.